The fourth-order valence-electron chi connectivity index (χ4n) is 1.75. The van der Waals surface area contributed by atoms with E-state index in [-0.39, 0.29) is 17.9 Å². The van der Waals surface area contributed by atoms with Gasteiger partial charge in [-0.3, -0.25) is 0 Å². The largest absolute Gasteiger partial charge is 0.489 e. The Bertz CT molecular complexity index is 624. The minimum Gasteiger partial charge on any atom is -0.489 e. The molecular weight excluding hydrogens is 283 g/mol. The highest BCUT2D eigenvalue weighted by molar-refractivity contribution is 6.04. The molecule has 0 bridgehead atoms. The molecule has 0 aliphatic carbocycles. The first kappa shape index (κ1) is 14.9. The van der Waals surface area contributed by atoms with Gasteiger partial charge in [-0.1, -0.05) is 47.6 Å². The van der Waals surface area contributed by atoms with Gasteiger partial charge in [0.25, 0.3) is 0 Å². The number of hydrogen-bond donors (Lipinski definition) is 1. The summed E-state index contributed by atoms with van der Waals surface area (Å²) < 4.78 is 43.4. The van der Waals surface area contributed by atoms with Crippen LogP contribution < -0.4 is 4.74 Å². The van der Waals surface area contributed by atoms with Crippen molar-refractivity contribution in [2.45, 2.75) is 12.8 Å². The molecule has 0 heterocycles. The van der Waals surface area contributed by atoms with Gasteiger partial charge >= 0.3 is 6.18 Å². The van der Waals surface area contributed by atoms with Crippen molar-refractivity contribution >= 4 is 5.71 Å². The van der Waals surface area contributed by atoms with E-state index in [0.29, 0.717) is 0 Å². The molecule has 2 aromatic carbocycles. The highest BCUT2D eigenvalue weighted by atomic mass is 19.4. The van der Waals surface area contributed by atoms with Crippen LogP contribution >= 0.6 is 0 Å². The highest BCUT2D eigenvalue weighted by Gasteiger charge is 2.37. The Labute approximate surface area is 119 Å². The molecule has 0 amide bonds. The van der Waals surface area contributed by atoms with Gasteiger partial charge in [0.15, 0.2) is 5.71 Å². The summed E-state index contributed by atoms with van der Waals surface area (Å²) in [5, 5.41) is 10.9. The standard InChI is InChI=1S/C15H12F3NO2/c16-15(17,18)14(19-20)12-7-4-8-13(9-12)21-10-11-5-2-1-3-6-11/h1-9,20H,10H2. The Kier molecular flexibility index (Phi) is 4.47. The Morgan fingerprint density at radius 1 is 1.05 bits per heavy atom. The maximum Gasteiger partial charge on any atom is 0.437 e. The molecule has 0 atom stereocenters. The Hall–Kier alpha value is -2.50. The molecule has 0 saturated carbocycles. The van der Waals surface area contributed by atoms with Crippen LogP contribution in [0, 0.1) is 0 Å². The third-order valence-electron chi connectivity index (χ3n) is 2.72. The van der Waals surface area contributed by atoms with E-state index in [1.165, 1.54) is 24.3 Å². The molecule has 6 heteroatoms. The number of ether oxygens (including phenoxy) is 1. The molecule has 0 saturated heterocycles. The van der Waals surface area contributed by atoms with Crippen LogP contribution in [-0.4, -0.2) is 17.1 Å². The molecule has 3 nitrogen and oxygen atoms in total. The molecule has 2 aromatic rings. The fourth-order valence-corrected chi connectivity index (χ4v) is 1.75. The van der Waals surface area contributed by atoms with Crippen molar-refractivity contribution in [1.82, 2.24) is 0 Å². The lowest BCUT2D eigenvalue weighted by atomic mass is 10.1. The van der Waals surface area contributed by atoms with E-state index >= 15 is 0 Å². The average molecular weight is 295 g/mol. The smallest absolute Gasteiger partial charge is 0.437 e. The lowest BCUT2D eigenvalue weighted by Crippen LogP contribution is -2.24. The van der Waals surface area contributed by atoms with Gasteiger partial charge < -0.3 is 9.94 Å². The normalized spacial score (nSPS) is 12.2. The van der Waals surface area contributed by atoms with Crippen molar-refractivity contribution in [3.8, 4) is 5.75 Å². The third-order valence-corrected chi connectivity index (χ3v) is 2.72. The van der Waals surface area contributed by atoms with E-state index in [0.717, 1.165) is 5.56 Å². The number of oxime groups is 1. The van der Waals surface area contributed by atoms with Gasteiger partial charge in [0.2, 0.25) is 0 Å². The molecule has 0 spiro atoms. The molecule has 0 fully saturated rings. The summed E-state index contributed by atoms with van der Waals surface area (Å²) in [4.78, 5) is 0. The quantitative estimate of drug-likeness (QED) is 0.526. The van der Waals surface area contributed by atoms with Crippen molar-refractivity contribution in [2.75, 3.05) is 0 Å². The first-order chi connectivity index (χ1) is 10.0. The van der Waals surface area contributed by atoms with Crippen molar-refractivity contribution in [1.29, 1.82) is 0 Å². The molecule has 21 heavy (non-hydrogen) atoms. The lowest BCUT2D eigenvalue weighted by Gasteiger charge is -2.11. The van der Waals surface area contributed by atoms with Crippen molar-refractivity contribution < 1.29 is 23.1 Å². The zero-order valence-electron chi connectivity index (χ0n) is 10.8. The zero-order valence-corrected chi connectivity index (χ0v) is 10.8. The maximum absolute atomic E-state index is 12.7. The minimum atomic E-state index is -4.73. The van der Waals surface area contributed by atoms with Crippen LogP contribution in [0.2, 0.25) is 0 Å². The van der Waals surface area contributed by atoms with Gasteiger partial charge in [0, 0.05) is 5.56 Å². The van der Waals surface area contributed by atoms with Crippen LogP contribution in [0.4, 0.5) is 13.2 Å². The van der Waals surface area contributed by atoms with Crippen LogP contribution in [0.1, 0.15) is 11.1 Å². The predicted molar refractivity (Wildman–Crippen MR) is 71.6 cm³/mol. The van der Waals surface area contributed by atoms with Gasteiger partial charge in [0.05, 0.1) is 0 Å². The molecule has 110 valence electrons. The van der Waals surface area contributed by atoms with E-state index in [9.17, 15) is 13.2 Å². The number of benzene rings is 2. The summed E-state index contributed by atoms with van der Waals surface area (Å²) in [5.74, 6) is 0.266. The molecular formula is C15H12F3NO2. The van der Waals surface area contributed by atoms with Crippen molar-refractivity contribution in [2.24, 2.45) is 5.16 Å². The molecule has 0 unspecified atom stereocenters. The van der Waals surface area contributed by atoms with Crippen molar-refractivity contribution in [3.05, 3.63) is 65.7 Å². The van der Waals surface area contributed by atoms with Crippen LogP contribution in [0.15, 0.2) is 59.8 Å². The van der Waals surface area contributed by atoms with E-state index in [4.69, 9.17) is 9.94 Å². The van der Waals surface area contributed by atoms with E-state index in [2.05, 4.69) is 5.16 Å². The number of rotatable bonds is 4. The van der Waals surface area contributed by atoms with E-state index in [1.54, 1.807) is 0 Å². The van der Waals surface area contributed by atoms with Gasteiger partial charge in [-0.25, -0.2) is 0 Å². The molecule has 0 aliphatic rings. The van der Waals surface area contributed by atoms with Crippen LogP contribution in [-0.2, 0) is 6.61 Å². The second-order valence-electron chi connectivity index (χ2n) is 4.25. The second kappa shape index (κ2) is 6.30. The Balaban J connectivity index is 2.15. The monoisotopic (exact) mass is 295 g/mol. The SMILES string of the molecule is ON=C(c1cccc(OCc2ccccc2)c1)C(F)(F)F. The molecule has 2 rings (SSSR count). The van der Waals surface area contributed by atoms with Crippen molar-refractivity contribution in [3.63, 3.8) is 0 Å². The molecule has 1 N–H and O–H groups in total. The number of nitrogens with zero attached hydrogens (tertiary/aromatic N) is 1. The van der Waals surface area contributed by atoms with Gasteiger partial charge in [0.1, 0.15) is 12.4 Å². The van der Waals surface area contributed by atoms with Gasteiger partial charge in [-0.2, -0.15) is 13.2 Å². The average Bonchev–Trinajstić information content (AvgIpc) is 2.46. The minimum absolute atomic E-state index is 0.238. The molecule has 0 aliphatic heterocycles. The number of hydrogen-bond acceptors (Lipinski definition) is 3. The Morgan fingerprint density at radius 3 is 2.38 bits per heavy atom. The highest BCUT2D eigenvalue weighted by Crippen LogP contribution is 2.25. The first-order valence-corrected chi connectivity index (χ1v) is 6.07. The fraction of sp³-hybridized carbons (Fsp3) is 0.133. The molecule has 0 radical (unpaired) electrons. The number of alkyl halides is 3. The maximum atomic E-state index is 12.7. The molecule has 0 aromatic heterocycles. The Morgan fingerprint density at radius 2 is 1.76 bits per heavy atom. The first-order valence-electron chi connectivity index (χ1n) is 6.07. The second-order valence-corrected chi connectivity index (χ2v) is 4.25. The van der Waals surface area contributed by atoms with Crippen LogP contribution in [0.5, 0.6) is 5.75 Å². The number of halogens is 3. The summed E-state index contributed by atoms with van der Waals surface area (Å²) in [6, 6.07) is 14.6. The zero-order chi connectivity index (χ0) is 15.3. The van der Waals surface area contributed by atoms with Gasteiger partial charge in [-0.15, -0.1) is 0 Å². The predicted octanol–water partition coefficient (Wildman–Crippen LogP) is 4.01. The van der Waals surface area contributed by atoms with E-state index in [1.807, 2.05) is 30.3 Å². The van der Waals surface area contributed by atoms with Gasteiger partial charge in [-0.05, 0) is 17.7 Å². The van der Waals surface area contributed by atoms with Crippen LogP contribution in [0.25, 0.3) is 0 Å². The van der Waals surface area contributed by atoms with Crippen LogP contribution in [0.3, 0.4) is 0 Å². The third kappa shape index (κ3) is 3.98. The van der Waals surface area contributed by atoms with E-state index < -0.39 is 11.9 Å². The lowest BCUT2D eigenvalue weighted by molar-refractivity contribution is -0.0601. The summed E-state index contributed by atoms with van der Waals surface area (Å²) in [6.07, 6.45) is -4.73. The summed E-state index contributed by atoms with van der Waals surface area (Å²) in [7, 11) is 0. The topological polar surface area (TPSA) is 41.8 Å². The summed E-state index contributed by atoms with van der Waals surface area (Å²) in [6.45, 7) is 0.238. The summed E-state index contributed by atoms with van der Waals surface area (Å²) >= 11 is 0. The summed E-state index contributed by atoms with van der Waals surface area (Å²) in [5.41, 5.74) is -0.710.